The van der Waals surface area contributed by atoms with Crippen molar-refractivity contribution in [3.05, 3.63) is 69.8 Å². The lowest BCUT2D eigenvalue weighted by Gasteiger charge is -2.35. The molecular weight excluding hydrogens is 412 g/mol. The van der Waals surface area contributed by atoms with E-state index in [4.69, 9.17) is 5.26 Å². The Morgan fingerprint density at radius 2 is 2.03 bits per heavy atom. The summed E-state index contributed by atoms with van der Waals surface area (Å²) in [6, 6.07) is 13.3. The van der Waals surface area contributed by atoms with Crippen LogP contribution in [0.2, 0.25) is 0 Å². The average Bonchev–Trinajstić information content (AvgIpc) is 3.28. The van der Waals surface area contributed by atoms with Crippen LogP contribution in [-0.4, -0.2) is 41.0 Å². The number of H-pyrrole nitrogens is 1. The van der Waals surface area contributed by atoms with Gasteiger partial charge in [-0.3, -0.25) is 9.59 Å². The molecule has 0 saturated carbocycles. The van der Waals surface area contributed by atoms with Gasteiger partial charge in [0.05, 0.1) is 34.8 Å². The number of anilines is 2. The molecule has 3 aromatic heterocycles. The number of likely N-dealkylation sites (N-methyl/N-ethyl adjacent to an activating group) is 1. The molecule has 31 heavy (non-hydrogen) atoms. The van der Waals surface area contributed by atoms with Gasteiger partial charge in [0.15, 0.2) is 0 Å². The smallest absolute Gasteiger partial charge is 0.277 e. The number of aromatic nitrogens is 3. The average molecular weight is 428 g/mol. The molecule has 8 nitrogen and oxygen atoms in total. The summed E-state index contributed by atoms with van der Waals surface area (Å²) in [4.78, 5) is 41.8. The highest BCUT2D eigenvalue weighted by Crippen LogP contribution is 2.38. The molecule has 0 fully saturated rings. The zero-order chi connectivity index (χ0) is 21.5. The maximum Gasteiger partial charge on any atom is 0.277 e. The van der Waals surface area contributed by atoms with Gasteiger partial charge in [0, 0.05) is 25.0 Å². The zero-order valence-electron chi connectivity index (χ0n) is 16.5. The molecule has 4 aromatic rings. The molecule has 0 radical (unpaired) electrons. The fourth-order valence-corrected chi connectivity index (χ4v) is 4.50. The van der Waals surface area contributed by atoms with E-state index < -0.39 is 0 Å². The molecule has 0 unspecified atom stereocenters. The van der Waals surface area contributed by atoms with Gasteiger partial charge in [0.2, 0.25) is 0 Å². The number of benzene rings is 1. The lowest BCUT2D eigenvalue weighted by Crippen LogP contribution is -2.43. The van der Waals surface area contributed by atoms with Crippen LogP contribution in [0.3, 0.4) is 0 Å². The van der Waals surface area contributed by atoms with Crippen molar-refractivity contribution < 1.29 is 4.79 Å². The quantitative estimate of drug-likeness (QED) is 0.526. The molecule has 5 rings (SSSR count). The molecule has 9 heteroatoms. The molecule has 0 bridgehead atoms. The number of rotatable bonds is 2. The normalized spacial score (nSPS) is 13.2. The van der Waals surface area contributed by atoms with Crippen molar-refractivity contribution in [2.45, 2.75) is 0 Å². The van der Waals surface area contributed by atoms with Gasteiger partial charge < -0.3 is 14.8 Å². The van der Waals surface area contributed by atoms with Crippen molar-refractivity contribution in [1.29, 1.82) is 5.26 Å². The summed E-state index contributed by atoms with van der Waals surface area (Å²) in [6.07, 6.45) is 2.76. The van der Waals surface area contributed by atoms with Gasteiger partial charge in [0.1, 0.15) is 16.6 Å². The number of hydrogen-bond donors (Lipinski definition) is 1. The third kappa shape index (κ3) is 3.23. The number of nitrogens with one attached hydrogen (secondary N) is 1. The topological polar surface area (TPSA) is 106 Å². The molecule has 1 amide bonds. The minimum atomic E-state index is -0.312. The summed E-state index contributed by atoms with van der Waals surface area (Å²) in [6.45, 7) is 1.16. The minimum absolute atomic E-state index is 0.190. The highest BCUT2D eigenvalue weighted by Gasteiger charge is 2.27. The van der Waals surface area contributed by atoms with Gasteiger partial charge in [-0.2, -0.15) is 5.26 Å². The molecule has 0 saturated heterocycles. The Balaban J connectivity index is 1.58. The maximum atomic E-state index is 13.4. The Morgan fingerprint density at radius 3 is 2.84 bits per heavy atom. The van der Waals surface area contributed by atoms with E-state index in [0.29, 0.717) is 28.9 Å². The number of fused-ring (bicyclic) bond motifs is 2. The summed E-state index contributed by atoms with van der Waals surface area (Å²) >= 11 is 1.41. The van der Waals surface area contributed by atoms with E-state index in [1.807, 2.05) is 31.3 Å². The molecule has 0 atom stereocenters. The number of thiophene rings is 1. The van der Waals surface area contributed by atoms with Crippen molar-refractivity contribution in [3.8, 4) is 16.5 Å². The largest absolute Gasteiger partial charge is 0.371 e. The fourth-order valence-electron chi connectivity index (χ4n) is 3.70. The lowest BCUT2D eigenvalue weighted by atomic mass is 10.1. The molecule has 0 aliphatic carbocycles. The van der Waals surface area contributed by atoms with Crippen LogP contribution in [0.25, 0.3) is 21.3 Å². The number of carbonyl (C=O) groups excluding carboxylic acids is 1. The molecule has 0 spiro atoms. The summed E-state index contributed by atoms with van der Waals surface area (Å²) in [5.74, 6) is -0.277. The third-order valence-corrected chi connectivity index (χ3v) is 6.37. The molecule has 1 aliphatic rings. The van der Waals surface area contributed by atoms with Crippen molar-refractivity contribution >= 4 is 39.5 Å². The van der Waals surface area contributed by atoms with Crippen LogP contribution in [-0.2, 0) is 0 Å². The Kier molecular flexibility index (Phi) is 4.49. The van der Waals surface area contributed by atoms with Crippen LogP contribution in [0.1, 0.15) is 15.4 Å². The molecule has 152 valence electrons. The number of nitrogens with zero attached hydrogens (tertiary/aromatic N) is 5. The van der Waals surface area contributed by atoms with E-state index in [-0.39, 0.29) is 17.2 Å². The molecule has 1 aromatic carbocycles. The third-order valence-electron chi connectivity index (χ3n) is 5.33. The van der Waals surface area contributed by atoms with Crippen molar-refractivity contribution in [2.24, 2.45) is 0 Å². The highest BCUT2D eigenvalue weighted by atomic mass is 32.1. The van der Waals surface area contributed by atoms with E-state index in [2.05, 4.69) is 25.9 Å². The standard InChI is InChI=1S/C22H16N6O2S/c1-27-6-7-28(22(30)16-9-15-17(11-24-16)25-12-26-21(15)29)19-8-13(2-4-18(19)27)20-5-3-14(10-23)31-20/h2-5,8-9,11-12H,6-7H2,1H3,(H,25,26,29). The van der Waals surface area contributed by atoms with Crippen molar-refractivity contribution in [3.63, 3.8) is 0 Å². The van der Waals surface area contributed by atoms with Crippen LogP contribution < -0.4 is 15.4 Å². The number of aromatic amines is 1. The number of nitriles is 1. The Hall–Kier alpha value is -4.03. The van der Waals surface area contributed by atoms with Crippen molar-refractivity contribution in [2.75, 3.05) is 29.9 Å². The molecule has 1 N–H and O–H groups in total. The number of hydrogen-bond acceptors (Lipinski definition) is 7. The van der Waals surface area contributed by atoms with Crippen LogP contribution in [0.15, 0.2) is 53.7 Å². The van der Waals surface area contributed by atoms with Gasteiger partial charge in [0.25, 0.3) is 11.5 Å². The summed E-state index contributed by atoms with van der Waals surface area (Å²) in [5, 5.41) is 9.45. The van der Waals surface area contributed by atoms with Crippen LogP contribution in [0, 0.1) is 11.3 Å². The van der Waals surface area contributed by atoms with Gasteiger partial charge in [-0.25, -0.2) is 9.97 Å². The first kappa shape index (κ1) is 19.0. The van der Waals surface area contributed by atoms with E-state index in [1.165, 1.54) is 29.9 Å². The second-order valence-corrected chi connectivity index (χ2v) is 8.26. The second-order valence-electron chi connectivity index (χ2n) is 7.18. The second kappa shape index (κ2) is 7.34. The Morgan fingerprint density at radius 1 is 1.16 bits per heavy atom. The monoisotopic (exact) mass is 428 g/mol. The first-order valence-corrected chi connectivity index (χ1v) is 10.4. The maximum absolute atomic E-state index is 13.4. The lowest BCUT2D eigenvalue weighted by molar-refractivity contribution is 0.0982. The van der Waals surface area contributed by atoms with Gasteiger partial charge in [-0.05, 0) is 35.9 Å². The van der Waals surface area contributed by atoms with E-state index in [9.17, 15) is 9.59 Å². The summed E-state index contributed by atoms with van der Waals surface area (Å²) in [7, 11) is 1.98. The predicted octanol–water partition coefficient (Wildman–Crippen LogP) is 3.01. The van der Waals surface area contributed by atoms with E-state index in [0.717, 1.165) is 21.8 Å². The van der Waals surface area contributed by atoms with E-state index in [1.54, 1.807) is 11.0 Å². The van der Waals surface area contributed by atoms with Crippen LogP contribution >= 0.6 is 11.3 Å². The van der Waals surface area contributed by atoms with Gasteiger partial charge in [-0.1, -0.05) is 6.07 Å². The predicted molar refractivity (Wildman–Crippen MR) is 120 cm³/mol. The Bertz CT molecular complexity index is 1430. The molecular formula is C22H16N6O2S. The van der Waals surface area contributed by atoms with Crippen LogP contribution in [0.4, 0.5) is 11.4 Å². The SMILES string of the molecule is CN1CCN(C(=O)c2cc3c(=O)[nH]cnc3cn2)c2cc(-c3ccc(C#N)s3)ccc21. The Labute approximate surface area is 181 Å². The van der Waals surface area contributed by atoms with Crippen LogP contribution in [0.5, 0.6) is 0 Å². The summed E-state index contributed by atoms with van der Waals surface area (Å²) < 4.78 is 0. The van der Waals surface area contributed by atoms with Crippen molar-refractivity contribution in [1.82, 2.24) is 15.0 Å². The minimum Gasteiger partial charge on any atom is -0.371 e. The first-order chi connectivity index (χ1) is 15.0. The first-order valence-electron chi connectivity index (χ1n) is 9.56. The van der Waals surface area contributed by atoms with Gasteiger partial charge in [-0.15, -0.1) is 11.3 Å². The number of carbonyl (C=O) groups is 1. The fraction of sp³-hybridized carbons (Fsp3) is 0.136. The number of amides is 1. The molecule has 1 aliphatic heterocycles. The number of pyridine rings is 1. The van der Waals surface area contributed by atoms with E-state index >= 15 is 0 Å². The highest BCUT2D eigenvalue weighted by molar-refractivity contribution is 7.16. The van der Waals surface area contributed by atoms with Gasteiger partial charge >= 0.3 is 0 Å². The molecule has 4 heterocycles. The zero-order valence-corrected chi connectivity index (χ0v) is 17.3. The summed E-state index contributed by atoms with van der Waals surface area (Å²) in [5.41, 5.74) is 2.95.